The lowest BCUT2D eigenvalue weighted by atomic mass is 10.2. The van der Waals surface area contributed by atoms with Crippen LogP contribution in [-0.2, 0) is 6.54 Å². The van der Waals surface area contributed by atoms with Gasteiger partial charge >= 0.3 is 0 Å². The topological polar surface area (TPSA) is 24.1 Å². The Kier molecular flexibility index (Phi) is 4.65. The summed E-state index contributed by atoms with van der Waals surface area (Å²) in [5.41, 5.74) is 8.50. The number of benzene rings is 2. The van der Waals surface area contributed by atoms with Gasteiger partial charge in [0.05, 0.1) is 0 Å². The molecule has 0 spiro atoms. The molecule has 2 aromatic rings. The molecule has 0 radical (unpaired) electrons. The van der Waals surface area contributed by atoms with E-state index in [-0.39, 0.29) is 0 Å². The fourth-order valence-corrected chi connectivity index (χ4v) is 2.66. The molecule has 2 N–H and O–H groups in total. The van der Waals surface area contributed by atoms with Crippen molar-refractivity contribution in [3.05, 3.63) is 62.7 Å². The first kappa shape index (κ1) is 12.7. The third kappa shape index (κ3) is 4.18. The van der Waals surface area contributed by atoms with E-state index in [1.807, 2.05) is 42.5 Å². The Morgan fingerprint density at radius 1 is 1.06 bits per heavy atom. The van der Waals surface area contributed by atoms with E-state index in [2.05, 4.69) is 39.5 Å². The Balaban J connectivity index is 1.90. The van der Waals surface area contributed by atoms with Crippen LogP contribution in [0.3, 0.4) is 0 Å². The van der Waals surface area contributed by atoms with Gasteiger partial charge in [-0.2, -0.15) is 0 Å². The van der Waals surface area contributed by atoms with Crippen molar-refractivity contribution in [3.63, 3.8) is 0 Å². The second-order valence-electron chi connectivity index (χ2n) is 3.62. The summed E-state index contributed by atoms with van der Waals surface area (Å²) >= 11 is 8.25. The zero-order valence-electron chi connectivity index (χ0n) is 9.08. The van der Waals surface area contributed by atoms with Crippen LogP contribution in [0.25, 0.3) is 0 Å². The summed E-state index contributed by atoms with van der Waals surface area (Å²) in [4.78, 5) is 0. The summed E-state index contributed by atoms with van der Waals surface area (Å²) < 4.78 is 1.15. The van der Waals surface area contributed by atoms with E-state index in [1.165, 1.54) is 0 Å². The number of hydrogen-bond donors (Lipinski definition) is 2. The van der Waals surface area contributed by atoms with Gasteiger partial charge in [0.25, 0.3) is 0 Å². The third-order valence-electron chi connectivity index (χ3n) is 2.22. The highest BCUT2D eigenvalue weighted by Gasteiger charge is 1.97. The molecular formula is C13H12ClIN2. The molecule has 0 saturated heterocycles. The summed E-state index contributed by atoms with van der Waals surface area (Å²) in [6.07, 6.45) is 0. The molecule has 0 aliphatic rings. The molecular weight excluding hydrogens is 347 g/mol. The zero-order valence-corrected chi connectivity index (χ0v) is 12.0. The predicted molar refractivity (Wildman–Crippen MR) is 81.1 cm³/mol. The first-order valence-electron chi connectivity index (χ1n) is 5.23. The SMILES string of the molecule is Clc1cc(I)cc(CNNc2ccccc2)c1. The van der Waals surface area contributed by atoms with Crippen LogP contribution in [0.4, 0.5) is 5.69 Å². The van der Waals surface area contributed by atoms with E-state index in [0.29, 0.717) is 0 Å². The highest BCUT2D eigenvalue weighted by Crippen LogP contribution is 2.16. The number of hydrazine groups is 1. The molecule has 0 atom stereocenters. The predicted octanol–water partition coefficient (Wildman–Crippen LogP) is 4.06. The number of rotatable bonds is 4. The molecule has 0 aliphatic carbocycles. The first-order chi connectivity index (χ1) is 8.24. The standard InChI is InChI=1S/C13H12ClIN2/c14-11-6-10(7-12(15)8-11)9-16-17-13-4-2-1-3-5-13/h1-8,16-17H,9H2. The van der Waals surface area contributed by atoms with Gasteiger partial charge in [0, 0.05) is 20.8 Å². The van der Waals surface area contributed by atoms with E-state index >= 15 is 0 Å². The minimum Gasteiger partial charge on any atom is -0.321 e. The van der Waals surface area contributed by atoms with Crippen molar-refractivity contribution in [3.8, 4) is 0 Å². The quantitative estimate of drug-likeness (QED) is 0.636. The van der Waals surface area contributed by atoms with Gasteiger partial charge in [0.2, 0.25) is 0 Å². The lowest BCUT2D eigenvalue weighted by Gasteiger charge is -2.08. The normalized spacial score (nSPS) is 10.2. The highest BCUT2D eigenvalue weighted by atomic mass is 127. The van der Waals surface area contributed by atoms with E-state index in [9.17, 15) is 0 Å². The Morgan fingerprint density at radius 2 is 1.82 bits per heavy atom. The average molecular weight is 359 g/mol. The van der Waals surface area contributed by atoms with Crippen molar-refractivity contribution in [1.29, 1.82) is 0 Å². The molecule has 0 aromatic heterocycles. The summed E-state index contributed by atoms with van der Waals surface area (Å²) in [5, 5.41) is 0.772. The summed E-state index contributed by atoms with van der Waals surface area (Å²) in [6, 6.07) is 16.0. The molecule has 2 aromatic carbocycles. The Morgan fingerprint density at radius 3 is 2.53 bits per heavy atom. The third-order valence-corrected chi connectivity index (χ3v) is 3.06. The van der Waals surface area contributed by atoms with Crippen LogP contribution in [0.2, 0.25) is 5.02 Å². The van der Waals surface area contributed by atoms with Gasteiger partial charge in [-0.25, -0.2) is 5.43 Å². The zero-order chi connectivity index (χ0) is 12.1. The summed E-state index contributed by atoms with van der Waals surface area (Å²) in [7, 11) is 0. The lowest BCUT2D eigenvalue weighted by molar-refractivity contribution is 0.801. The molecule has 0 saturated carbocycles. The summed E-state index contributed by atoms with van der Waals surface area (Å²) in [5.74, 6) is 0. The maximum atomic E-state index is 5.99. The number of nitrogens with one attached hydrogen (secondary N) is 2. The van der Waals surface area contributed by atoms with Crippen LogP contribution in [0, 0.1) is 3.57 Å². The second-order valence-corrected chi connectivity index (χ2v) is 5.30. The minimum absolute atomic E-state index is 0.728. The molecule has 0 amide bonds. The van der Waals surface area contributed by atoms with Crippen LogP contribution < -0.4 is 10.9 Å². The van der Waals surface area contributed by atoms with Gasteiger partial charge in [0.1, 0.15) is 0 Å². The molecule has 0 aliphatic heterocycles. The van der Waals surface area contributed by atoms with Gasteiger partial charge in [-0.1, -0.05) is 29.8 Å². The highest BCUT2D eigenvalue weighted by molar-refractivity contribution is 14.1. The second kappa shape index (κ2) is 6.23. The maximum Gasteiger partial charge on any atom is 0.0487 e. The van der Waals surface area contributed by atoms with Gasteiger partial charge in [-0.15, -0.1) is 0 Å². The smallest absolute Gasteiger partial charge is 0.0487 e. The maximum absolute atomic E-state index is 5.99. The van der Waals surface area contributed by atoms with Crippen molar-refractivity contribution in [2.75, 3.05) is 5.43 Å². The van der Waals surface area contributed by atoms with E-state index in [4.69, 9.17) is 11.6 Å². The molecule has 2 nitrogen and oxygen atoms in total. The largest absolute Gasteiger partial charge is 0.321 e. The fraction of sp³-hybridized carbons (Fsp3) is 0.0769. The van der Waals surface area contributed by atoms with Gasteiger partial charge in [-0.05, 0) is 58.5 Å². The Labute approximate surface area is 119 Å². The van der Waals surface area contributed by atoms with E-state index in [1.54, 1.807) is 0 Å². The van der Waals surface area contributed by atoms with E-state index < -0.39 is 0 Å². The number of hydrogen-bond acceptors (Lipinski definition) is 2. The molecule has 0 heterocycles. The molecule has 4 heteroatoms. The number of halogens is 2. The average Bonchev–Trinajstić information content (AvgIpc) is 2.29. The fourth-order valence-electron chi connectivity index (χ4n) is 1.48. The van der Waals surface area contributed by atoms with Crippen LogP contribution in [0.5, 0.6) is 0 Å². The first-order valence-corrected chi connectivity index (χ1v) is 6.68. The van der Waals surface area contributed by atoms with Crippen LogP contribution in [0.15, 0.2) is 48.5 Å². The number of anilines is 1. The van der Waals surface area contributed by atoms with Crippen molar-refractivity contribution in [2.24, 2.45) is 0 Å². The lowest BCUT2D eigenvalue weighted by Crippen LogP contribution is -2.20. The van der Waals surface area contributed by atoms with Crippen molar-refractivity contribution >= 4 is 39.9 Å². The minimum atomic E-state index is 0.728. The molecule has 88 valence electrons. The van der Waals surface area contributed by atoms with Crippen molar-refractivity contribution < 1.29 is 0 Å². The molecule has 2 rings (SSSR count). The summed E-state index contributed by atoms with van der Waals surface area (Å²) in [6.45, 7) is 0.728. The van der Waals surface area contributed by atoms with Crippen LogP contribution in [0.1, 0.15) is 5.56 Å². The molecule has 17 heavy (non-hydrogen) atoms. The Hall–Kier alpha value is -0.780. The van der Waals surface area contributed by atoms with Gasteiger partial charge in [0.15, 0.2) is 0 Å². The number of para-hydroxylation sites is 1. The van der Waals surface area contributed by atoms with E-state index in [0.717, 1.165) is 26.4 Å². The monoisotopic (exact) mass is 358 g/mol. The molecule has 0 unspecified atom stereocenters. The van der Waals surface area contributed by atoms with Crippen molar-refractivity contribution in [2.45, 2.75) is 6.54 Å². The van der Waals surface area contributed by atoms with Crippen molar-refractivity contribution in [1.82, 2.24) is 5.43 Å². The molecule has 0 bridgehead atoms. The van der Waals surface area contributed by atoms with Crippen LogP contribution in [-0.4, -0.2) is 0 Å². The Bertz CT molecular complexity index is 468. The van der Waals surface area contributed by atoms with Gasteiger partial charge < -0.3 is 5.43 Å². The molecule has 0 fully saturated rings. The van der Waals surface area contributed by atoms with Crippen LogP contribution >= 0.6 is 34.2 Å². The van der Waals surface area contributed by atoms with Gasteiger partial charge in [-0.3, -0.25) is 0 Å².